The number of hydrogen-bond donors (Lipinski definition) is 2. The molecule has 24 heavy (non-hydrogen) atoms. The number of aliphatic hydroxyl groups is 1. The van der Waals surface area contributed by atoms with Crippen molar-refractivity contribution in [1.29, 1.82) is 0 Å². The number of guanidine groups is 1. The highest BCUT2D eigenvalue weighted by Crippen LogP contribution is 2.25. The number of aliphatic imine (C=N–C) groups is 1. The lowest BCUT2D eigenvalue weighted by atomic mass is 10.1. The molecule has 1 aliphatic rings. The van der Waals surface area contributed by atoms with E-state index in [0.29, 0.717) is 5.96 Å². The molecule has 1 unspecified atom stereocenters. The summed E-state index contributed by atoms with van der Waals surface area (Å²) < 4.78 is 0. The average Bonchev–Trinajstić information content (AvgIpc) is 3.16. The van der Waals surface area contributed by atoms with E-state index in [9.17, 15) is 5.11 Å². The molecule has 0 amide bonds. The van der Waals surface area contributed by atoms with E-state index in [0.717, 1.165) is 37.0 Å². The second-order valence-electron chi connectivity index (χ2n) is 5.95. The summed E-state index contributed by atoms with van der Waals surface area (Å²) in [5, 5.41) is 12.5. The Morgan fingerprint density at radius 3 is 2.62 bits per heavy atom. The predicted octanol–water partition coefficient (Wildman–Crippen LogP) is 0.883. The number of nitrogens with zero attached hydrogens (tertiary/aromatic N) is 5. The van der Waals surface area contributed by atoms with Gasteiger partial charge in [-0.1, -0.05) is 6.07 Å². The predicted molar refractivity (Wildman–Crippen MR) is 96.2 cm³/mol. The Bertz CT molecular complexity index is 665. The van der Waals surface area contributed by atoms with Crippen LogP contribution in [0.15, 0.2) is 41.0 Å². The van der Waals surface area contributed by atoms with Crippen LogP contribution >= 0.6 is 11.3 Å². The van der Waals surface area contributed by atoms with Crippen molar-refractivity contribution in [1.82, 2.24) is 14.9 Å². The molecule has 1 atom stereocenters. The van der Waals surface area contributed by atoms with Crippen LogP contribution in [-0.4, -0.2) is 58.7 Å². The van der Waals surface area contributed by atoms with Crippen molar-refractivity contribution < 1.29 is 5.11 Å². The molecule has 0 aromatic carbocycles. The lowest BCUT2D eigenvalue weighted by molar-refractivity contribution is 0.0709. The van der Waals surface area contributed by atoms with Crippen molar-refractivity contribution in [3.8, 4) is 0 Å². The molecule has 3 N–H and O–H groups in total. The number of nitrogens with two attached hydrogens (primary N) is 1. The van der Waals surface area contributed by atoms with Gasteiger partial charge in [0.05, 0.1) is 6.54 Å². The first kappa shape index (κ1) is 16.7. The minimum atomic E-state index is -0.988. The Morgan fingerprint density at radius 2 is 2.00 bits per heavy atom. The second-order valence-corrected chi connectivity index (χ2v) is 6.90. The topological polar surface area (TPSA) is 90.9 Å². The Hall–Kier alpha value is -2.19. The molecule has 0 bridgehead atoms. The van der Waals surface area contributed by atoms with Crippen LogP contribution in [0.1, 0.15) is 11.8 Å². The van der Waals surface area contributed by atoms with Gasteiger partial charge in [0.25, 0.3) is 0 Å². The molecule has 7 nitrogen and oxygen atoms in total. The Morgan fingerprint density at radius 1 is 1.29 bits per heavy atom. The zero-order chi connectivity index (χ0) is 17.0. The summed E-state index contributed by atoms with van der Waals surface area (Å²) in [6, 6.07) is 5.64. The van der Waals surface area contributed by atoms with Gasteiger partial charge in [-0.3, -0.25) is 0 Å². The van der Waals surface area contributed by atoms with E-state index < -0.39 is 5.60 Å². The summed E-state index contributed by atoms with van der Waals surface area (Å²) in [6.45, 7) is 5.12. The summed E-state index contributed by atoms with van der Waals surface area (Å²) in [7, 11) is 0. The van der Waals surface area contributed by atoms with Crippen molar-refractivity contribution in [3.63, 3.8) is 0 Å². The smallest absolute Gasteiger partial charge is 0.225 e. The van der Waals surface area contributed by atoms with Gasteiger partial charge >= 0.3 is 0 Å². The summed E-state index contributed by atoms with van der Waals surface area (Å²) in [4.78, 5) is 18.0. The molecule has 3 rings (SSSR count). The van der Waals surface area contributed by atoms with Crippen LogP contribution < -0.4 is 10.6 Å². The summed E-state index contributed by atoms with van der Waals surface area (Å²) in [5.41, 5.74) is 5.12. The maximum absolute atomic E-state index is 10.5. The van der Waals surface area contributed by atoms with E-state index in [1.807, 2.05) is 28.5 Å². The van der Waals surface area contributed by atoms with E-state index >= 15 is 0 Å². The van der Waals surface area contributed by atoms with Gasteiger partial charge < -0.3 is 20.6 Å². The zero-order valence-electron chi connectivity index (χ0n) is 13.7. The van der Waals surface area contributed by atoms with Crippen LogP contribution in [-0.2, 0) is 5.60 Å². The first-order chi connectivity index (χ1) is 11.6. The molecule has 0 saturated carbocycles. The first-order valence-corrected chi connectivity index (χ1v) is 8.77. The molecule has 0 radical (unpaired) electrons. The van der Waals surface area contributed by atoms with Gasteiger partial charge in [0.15, 0.2) is 5.96 Å². The number of rotatable bonds is 4. The number of piperazine rings is 1. The van der Waals surface area contributed by atoms with Crippen molar-refractivity contribution in [2.75, 3.05) is 37.6 Å². The Labute approximate surface area is 145 Å². The lowest BCUT2D eigenvalue weighted by Crippen LogP contribution is -2.51. The molecule has 0 spiro atoms. The third-order valence-electron chi connectivity index (χ3n) is 4.04. The molecule has 128 valence electrons. The van der Waals surface area contributed by atoms with Crippen LogP contribution in [0.5, 0.6) is 0 Å². The monoisotopic (exact) mass is 346 g/mol. The number of thiophene rings is 1. The van der Waals surface area contributed by atoms with E-state index in [-0.39, 0.29) is 6.54 Å². The van der Waals surface area contributed by atoms with Crippen molar-refractivity contribution in [3.05, 3.63) is 40.8 Å². The van der Waals surface area contributed by atoms with Gasteiger partial charge in [-0.15, -0.1) is 11.3 Å². The fourth-order valence-corrected chi connectivity index (χ4v) is 3.37. The molecular weight excluding hydrogens is 324 g/mol. The average molecular weight is 346 g/mol. The van der Waals surface area contributed by atoms with Crippen LogP contribution in [0.3, 0.4) is 0 Å². The second kappa shape index (κ2) is 7.14. The third-order valence-corrected chi connectivity index (χ3v) is 5.16. The van der Waals surface area contributed by atoms with Gasteiger partial charge in [0.2, 0.25) is 5.95 Å². The van der Waals surface area contributed by atoms with Gasteiger partial charge in [-0.2, -0.15) is 0 Å². The highest BCUT2D eigenvalue weighted by atomic mass is 32.1. The maximum atomic E-state index is 10.5. The third kappa shape index (κ3) is 3.82. The zero-order valence-corrected chi connectivity index (χ0v) is 14.5. The van der Waals surface area contributed by atoms with Crippen LogP contribution in [0.4, 0.5) is 5.95 Å². The minimum Gasteiger partial charge on any atom is -0.383 e. The van der Waals surface area contributed by atoms with Gasteiger partial charge in [-0.05, 0) is 24.4 Å². The molecule has 2 aromatic rings. The van der Waals surface area contributed by atoms with Crippen molar-refractivity contribution >= 4 is 23.2 Å². The van der Waals surface area contributed by atoms with Crippen LogP contribution in [0.2, 0.25) is 0 Å². The fourth-order valence-electron chi connectivity index (χ4n) is 2.59. The molecule has 2 aromatic heterocycles. The number of aromatic nitrogens is 2. The standard InChI is InChI=1S/C16H22N6OS/c1-16(23,13-4-2-11-24-13)12-20-14(17)21-7-9-22(10-8-21)15-18-5-3-6-19-15/h2-6,11,23H,7-10,12H2,1H3,(H2,17,20). The Balaban J connectivity index is 1.56. The van der Waals surface area contributed by atoms with Crippen molar-refractivity contribution in [2.24, 2.45) is 10.7 Å². The van der Waals surface area contributed by atoms with Gasteiger partial charge in [0.1, 0.15) is 5.60 Å². The highest BCUT2D eigenvalue weighted by molar-refractivity contribution is 7.10. The number of hydrogen-bond acceptors (Lipinski definition) is 6. The van der Waals surface area contributed by atoms with Crippen molar-refractivity contribution in [2.45, 2.75) is 12.5 Å². The maximum Gasteiger partial charge on any atom is 0.225 e. The number of anilines is 1. The van der Waals surface area contributed by atoms with Gasteiger partial charge in [0, 0.05) is 43.4 Å². The SMILES string of the molecule is CC(O)(CN=C(N)N1CCN(c2ncccn2)CC1)c1cccs1. The van der Waals surface area contributed by atoms with E-state index in [1.165, 1.54) is 11.3 Å². The van der Waals surface area contributed by atoms with Gasteiger partial charge in [-0.25, -0.2) is 15.0 Å². The normalized spacial score (nSPS) is 18.5. The molecular formula is C16H22N6OS. The molecule has 3 heterocycles. The molecule has 1 aliphatic heterocycles. The molecule has 0 aliphatic carbocycles. The first-order valence-electron chi connectivity index (χ1n) is 7.89. The van der Waals surface area contributed by atoms with Crippen LogP contribution in [0, 0.1) is 0 Å². The summed E-state index contributed by atoms with van der Waals surface area (Å²) >= 11 is 1.52. The summed E-state index contributed by atoms with van der Waals surface area (Å²) in [6.07, 6.45) is 3.49. The quantitative estimate of drug-likeness (QED) is 0.631. The summed E-state index contributed by atoms with van der Waals surface area (Å²) in [5.74, 6) is 1.22. The molecule has 8 heteroatoms. The van der Waals surface area contributed by atoms with Crippen LogP contribution in [0.25, 0.3) is 0 Å². The largest absolute Gasteiger partial charge is 0.383 e. The van der Waals surface area contributed by atoms with E-state index in [4.69, 9.17) is 5.73 Å². The van der Waals surface area contributed by atoms with E-state index in [1.54, 1.807) is 19.3 Å². The molecule has 1 fully saturated rings. The molecule has 1 saturated heterocycles. The highest BCUT2D eigenvalue weighted by Gasteiger charge is 2.25. The lowest BCUT2D eigenvalue weighted by Gasteiger charge is -2.35. The van der Waals surface area contributed by atoms with E-state index in [2.05, 4.69) is 19.9 Å². The Kier molecular flexibility index (Phi) is 4.96. The fraction of sp³-hybridized carbons (Fsp3) is 0.438. The minimum absolute atomic E-state index is 0.251.